The van der Waals surface area contributed by atoms with Gasteiger partial charge in [-0.15, -0.1) is 0 Å². The van der Waals surface area contributed by atoms with Gasteiger partial charge in [0.05, 0.1) is 17.8 Å². The lowest BCUT2D eigenvalue weighted by molar-refractivity contribution is -0.0404. The minimum atomic E-state index is -4.31. The zero-order chi connectivity index (χ0) is 20.6. The molecule has 1 aliphatic heterocycles. The molecule has 5 N–H and O–H groups in total. The third-order valence-corrected chi connectivity index (χ3v) is 5.49. The van der Waals surface area contributed by atoms with Crippen LogP contribution in [-0.4, -0.2) is 54.0 Å². The summed E-state index contributed by atoms with van der Waals surface area (Å²) in [5, 5.41) is 20.4. The number of aryl methyl sites for hydroxylation is 1. The lowest BCUT2D eigenvalue weighted by atomic mass is 10.1. The number of aromatic nitrogens is 2. The Morgan fingerprint density at radius 2 is 1.79 bits per heavy atom. The number of nitrogens with zero attached hydrogens (tertiary/aromatic N) is 1. The lowest BCUT2D eigenvalue weighted by Gasteiger charge is -2.18. The van der Waals surface area contributed by atoms with E-state index in [9.17, 15) is 24.4 Å². The molecule has 1 aromatic heterocycles. The molecule has 2 aromatic rings. The number of benzene rings is 1. The molecule has 0 aliphatic carbocycles. The third kappa shape index (κ3) is 4.33. The van der Waals surface area contributed by atoms with E-state index in [1.807, 2.05) is 6.92 Å². The summed E-state index contributed by atoms with van der Waals surface area (Å²) in [5.74, 6) is 0. The van der Waals surface area contributed by atoms with Gasteiger partial charge in [-0.1, -0.05) is 29.8 Å². The zero-order valence-corrected chi connectivity index (χ0v) is 15.8. The van der Waals surface area contributed by atoms with Crippen molar-refractivity contribution in [3.05, 3.63) is 56.9 Å². The SMILES string of the molecule is Cc1ccc(-c2cn([C@@H]3O[C@H](CCP(=O)(O)O)[C@@H](O)[C@H]3O)c(=O)[nH]c2=O)cc1. The second-order valence-electron chi connectivity index (χ2n) is 6.80. The maximum Gasteiger partial charge on any atom is 0.330 e. The molecule has 0 spiro atoms. The Kier molecular flexibility index (Phi) is 5.72. The van der Waals surface area contributed by atoms with E-state index in [0.717, 1.165) is 10.1 Å². The molecule has 11 heteroatoms. The Hall–Kier alpha value is -2.07. The Balaban J connectivity index is 1.93. The van der Waals surface area contributed by atoms with Crippen LogP contribution in [0, 0.1) is 6.92 Å². The van der Waals surface area contributed by atoms with E-state index in [4.69, 9.17) is 14.5 Å². The van der Waals surface area contributed by atoms with Crippen LogP contribution < -0.4 is 11.2 Å². The molecular formula is C17H21N2O8P. The maximum absolute atomic E-state index is 12.3. The predicted molar refractivity (Wildman–Crippen MR) is 98.9 cm³/mol. The van der Waals surface area contributed by atoms with E-state index in [0.29, 0.717) is 5.56 Å². The second kappa shape index (κ2) is 7.75. The Labute approximate surface area is 159 Å². The van der Waals surface area contributed by atoms with Crippen LogP contribution in [0.2, 0.25) is 0 Å². The van der Waals surface area contributed by atoms with Gasteiger partial charge in [0.15, 0.2) is 6.23 Å². The number of ether oxygens (including phenoxy) is 1. The topological polar surface area (TPSA) is 162 Å². The molecule has 0 saturated carbocycles. The molecule has 1 saturated heterocycles. The minimum absolute atomic E-state index is 0.170. The molecule has 10 nitrogen and oxygen atoms in total. The second-order valence-corrected chi connectivity index (χ2v) is 8.58. The first kappa shape index (κ1) is 20.7. The molecule has 3 rings (SSSR count). The van der Waals surface area contributed by atoms with Crippen LogP contribution in [0.5, 0.6) is 0 Å². The standard InChI is InChI=1S/C17H21N2O8P/c1-9-2-4-10(5-3-9)11-8-19(17(23)18-15(11)22)16-14(21)13(20)12(27-16)6-7-28(24,25)26/h2-5,8,12-14,16,20-21H,6-7H2,1H3,(H,18,22,23)(H2,24,25,26)/t12-,13-,14-,16-/m1/s1. The highest BCUT2D eigenvalue weighted by Gasteiger charge is 2.44. The first-order valence-electron chi connectivity index (χ1n) is 8.55. The highest BCUT2D eigenvalue weighted by molar-refractivity contribution is 7.51. The molecule has 0 radical (unpaired) electrons. The first-order valence-corrected chi connectivity index (χ1v) is 10.4. The predicted octanol–water partition coefficient (Wildman–Crippen LogP) is -0.301. The Bertz CT molecular complexity index is 1010. The van der Waals surface area contributed by atoms with Gasteiger partial charge in [0, 0.05) is 6.20 Å². The molecule has 2 heterocycles. The van der Waals surface area contributed by atoms with Crippen LogP contribution in [0.4, 0.5) is 0 Å². The molecule has 0 bridgehead atoms. The molecule has 0 amide bonds. The summed E-state index contributed by atoms with van der Waals surface area (Å²) >= 11 is 0. The van der Waals surface area contributed by atoms with Crippen LogP contribution >= 0.6 is 7.60 Å². The maximum atomic E-state index is 12.3. The molecule has 152 valence electrons. The number of hydrogen-bond acceptors (Lipinski definition) is 6. The number of H-pyrrole nitrogens is 1. The van der Waals surface area contributed by atoms with E-state index in [2.05, 4.69) is 4.98 Å². The van der Waals surface area contributed by atoms with E-state index >= 15 is 0 Å². The van der Waals surface area contributed by atoms with Gasteiger partial charge in [0.1, 0.15) is 12.2 Å². The fourth-order valence-corrected chi connectivity index (χ4v) is 3.70. The van der Waals surface area contributed by atoms with Gasteiger partial charge in [-0.3, -0.25) is 18.9 Å². The van der Waals surface area contributed by atoms with E-state index in [1.165, 1.54) is 6.20 Å². The first-order chi connectivity index (χ1) is 13.1. The number of hydrogen-bond donors (Lipinski definition) is 5. The molecule has 1 fully saturated rings. The van der Waals surface area contributed by atoms with E-state index in [1.54, 1.807) is 24.3 Å². The van der Waals surface area contributed by atoms with Crippen molar-refractivity contribution in [3.8, 4) is 11.1 Å². The molecule has 28 heavy (non-hydrogen) atoms. The van der Waals surface area contributed by atoms with E-state index in [-0.39, 0.29) is 12.0 Å². The van der Waals surface area contributed by atoms with Gasteiger partial charge in [-0.25, -0.2) is 4.79 Å². The van der Waals surface area contributed by atoms with Crippen LogP contribution in [0.1, 0.15) is 18.2 Å². The van der Waals surface area contributed by atoms with Crippen molar-refractivity contribution in [1.29, 1.82) is 0 Å². The van der Waals surface area contributed by atoms with Crippen molar-refractivity contribution >= 4 is 7.60 Å². The highest BCUT2D eigenvalue weighted by Crippen LogP contribution is 2.38. The van der Waals surface area contributed by atoms with Crippen molar-refractivity contribution in [1.82, 2.24) is 9.55 Å². The summed E-state index contributed by atoms with van der Waals surface area (Å²) in [4.78, 5) is 44.6. The molecular weight excluding hydrogens is 391 g/mol. The molecule has 1 aliphatic rings. The zero-order valence-electron chi connectivity index (χ0n) is 14.9. The number of aliphatic hydroxyl groups excluding tert-OH is 2. The van der Waals surface area contributed by atoms with Crippen molar-refractivity contribution in [2.45, 2.75) is 37.9 Å². The third-order valence-electron chi connectivity index (χ3n) is 4.65. The quantitative estimate of drug-likeness (QED) is 0.418. The summed E-state index contributed by atoms with van der Waals surface area (Å²) in [5.41, 5.74) is 0.248. The number of aliphatic hydroxyl groups is 2. The van der Waals surface area contributed by atoms with Crippen molar-refractivity contribution in [2.75, 3.05) is 6.16 Å². The lowest BCUT2D eigenvalue weighted by Crippen LogP contribution is -2.38. The average Bonchev–Trinajstić information content (AvgIpc) is 2.89. The average molecular weight is 412 g/mol. The van der Waals surface area contributed by atoms with Crippen molar-refractivity contribution in [2.24, 2.45) is 0 Å². The number of rotatable bonds is 5. The van der Waals surface area contributed by atoms with E-state index < -0.39 is 49.5 Å². The van der Waals surface area contributed by atoms with Gasteiger partial charge < -0.3 is 24.7 Å². The summed E-state index contributed by atoms with van der Waals surface area (Å²) in [6.45, 7) is 1.89. The van der Waals surface area contributed by atoms with Crippen LogP contribution in [0.3, 0.4) is 0 Å². The summed E-state index contributed by atoms with van der Waals surface area (Å²) in [6.07, 6.45) is -4.86. The fourth-order valence-electron chi connectivity index (χ4n) is 3.11. The van der Waals surface area contributed by atoms with Crippen molar-refractivity contribution < 1.29 is 29.3 Å². The van der Waals surface area contributed by atoms with Gasteiger partial charge in [0.25, 0.3) is 5.56 Å². The minimum Gasteiger partial charge on any atom is -0.388 e. The van der Waals surface area contributed by atoms with Gasteiger partial charge >= 0.3 is 13.3 Å². The summed E-state index contributed by atoms with van der Waals surface area (Å²) < 4.78 is 17.5. The smallest absolute Gasteiger partial charge is 0.330 e. The largest absolute Gasteiger partial charge is 0.388 e. The highest BCUT2D eigenvalue weighted by atomic mass is 31.2. The normalized spacial score (nSPS) is 25.2. The monoisotopic (exact) mass is 412 g/mol. The van der Waals surface area contributed by atoms with Gasteiger partial charge in [0.2, 0.25) is 0 Å². The molecule has 4 atom stereocenters. The van der Waals surface area contributed by atoms with Crippen molar-refractivity contribution in [3.63, 3.8) is 0 Å². The van der Waals surface area contributed by atoms with Crippen LogP contribution in [0.15, 0.2) is 40.1 Å². The van der Waals surface area contributed by atoms with Crippen LogP contribution in [-0.2, 0) is 9.30 Å². The number of nitrogens with one attached hydrogen (secondary N) is 1. The summed E-state index contributed by atoms with van der Waals surface area (Å²) in [7, 11) is -4.31. The summed E-state index contributed by atoms with van der Waals surface area (Å²) in [6, 6.07) is 7.01. The fraction of sp³-hybridized carbons (Fsp3) is 0.412. The molecule has 1 aromatic carbocycles. The number of aromatic amines is 1. The Morgan fingerprint density at radius 1 is 1.14 bits per heavy atom. The van der Waals surface area contributed by atoms with Crippen LogP contribution in [0.25, 0.3) is 11.1 Å². The van der Waals surface area contributed by atoms with Gasteiger partial charge in [-0.2, -0.15) is 0 Å². The molecule has 0 unspecified atom stereocenters. The Morgan fingerprint density at radius 3 is 2.39 bits per heavy atom. The van der Waals surface area contributed by atoms with Gasteiger partial charge in [-0.05, 0) is 18.9 Å².